The van der Waals surface area contributed by atoms with Crippen LogP contribution in [-0.4, -0.2) is 27.4 Å². The monoisotopic (exact) mass is 229 g/mol. The molecule has 0 aliphatic heterocycles. The topological polar surface area (TPSA) is 75.6 Å². The van der Waals surface area contributed by atoms with E-state index in [1.165, 1.54) is 6.92 Å². The molecular weight excluding hydrogens is 220 g/mol. The second-order valence-corrected chi connectivity index (χ2v) is 3.11. The minimum atomic E-state index is -3.75. The maximum Gasteiger partial charge on any atom is 0.348 e. The Balaban J connectivity index is 4.05. The average molecular weight is 229 g/mol. The van der Waals surface area contributed by atoms with Gasteiger partial charge in [0.1, 0.15) is 0 Å². The van der Waals surface area contributed by atoms with Crippen molar-refractivity contribution in [2.24, 2.45) is 0 Å². The van der Waals surface area contributed by atoms with E-state index in [-0.39, 0.29) is 5.57 Å². The van der Waals surface area contributed by atoms with Crippen LogP contribution in [0, 0.1) is 0 Å². The first kappa shape index (κ1) is 13.1. The summed E-state index contributed by atoms with van der Waals surface area (Å²) in [5.74, 6) is -0.991. The van der Waals surface area contributed by atoms with Crippen LogP contribution in [0.2, 0.25) is 0 Å². The van der Waals surface area contributed by atoms with Gasteiger partial charge in [-0.15, -0.1) is 4.72 Å². The van der Waals surface area contributed by atoms with Crippen molar-refractivity contribution in [2.75, 3.05) is 6.61 Å². The molecule has 0 bridgehead atoms. The number of rotatable bonds is 5. The molecule has 82 valence electrons. The predicted octanol–water partition coefficient (Wildman–Crippen LogP) is 0.425. The third-order valence-electron chi connectivity index (χ3n) is 0.970. The maximum absolute atomic E-state index is 12.5. The van der Waals surface area contributed by atoms with Crippen molar-refractivity contribution in [3.05, 3.63) is 12.2 Å². The number of hydrogen-bond acceptors (Lipinski definition) is 3. The van der Waals surface area contributed by atoms with Crippen LogP contribution in [0.25, 0.3) is 0 Å². The molecule has 0 radical (unpaired) electrons. The first-order valence-corrected chi connectivity index (χ1v) is 4.44. The minimum absolute atomic E-state index is 0.0362. The Hall–Kier alpha value is -0.860. The molecule has 14 heavy (non-hydrogen) atoms. The van der Waals surface area contributed by atoms with Gasteiger partial charge in [0.15, 0.2) is 6.61 Å². The smallest absolute Gasteiger partial charge is 0.348 e. The van der Waals surface area contributed by atoms with E-state index in [9.17, 15) is 17.8 Å². The Morgan fingerprint density at radius 1 is 1.71 bits per heavy atom. The molecule has 0 saturated carbocycles. The number of alkyl halides is 2. The van der Waals surface area contributed by atoms with E-state index in [4.69, 9.17) is 4.55 Å². The van der Waals surface area contributed by atoms with Crippen LogP contribution in [0.15, 0.2) is 12.2 Å². The molecule has 1 atom stereocenters. The van der Waals surface area contributed by atoms with Crippen molar-refractivity contribution < 1.29 is 27.1 Å². The summed E-state index contributed by atoms with van der Waals surface area (Å²) in [6.07, 6.45) is 0. The standard InChI is InChI=1S/C6H9F2NO4S/c1-4(2)5(10)13-3-6(7,8)9-14(11)12/h9H,1,3H2,2H3,(H,11,12). The van der Waals surface area contributed by atoms with Crippen molar-refractivity contribution in [1.29, 1.82) is 0 Å². The molecule has 0 aromatic rings. The van der Waals surface area contributed by atoms with Gasteiger partial charge in [-0.2, -0.15) is 8.78 Å². The van der Waals surface area contributed by atoms with Gasteiger partial charge >= 0.3 is 12.0 Å². The van der Waals surface area contributed by atoms with Gasteiger partial charge in [0.05, 0.1) is 0 Å². The highest BCUT2D eigenvalue weighted by molar-refractivity contribution is 7.77. The molecule has 5 nitrogen and oxygen atoms in total. The molecule has 0 heterocycles. The lowest BCUT2D eigenvalue weighted by molar-refractivity contribution is -0.151. The normalized spacial score (nSPS) is 13.4. The summed E-state index contributed by atoms with van der Waals surface area (Å²) in [6.45, 7) is 3.13. The first-order valence-electron chi connectivity index (χ1n) is 3.34. The number of carbonyl (C=O) groups is 1. The third kappa shape index (κ3) is 5.73. The molecule has 0 rings (SSSR count). The van der Waals surface area contributed by atoms with E-state index < -0.39 is 29.9 Å². The van der Waals surface area contributed by atoms with Gasteiger partial charge in [-0.3, -0.25) is 4.55 Å². The molecule has 1 unspecified atom stereocenters. The molecule has 0 aromatic heterocycles. The lowest BCUT2D eigenvalue weighted by atomic mass is 10.4. The highest BCUT2D eigenvalue weighted by Crippen LogP contribution is 2.10. The first-order chi connectivity index (χ1) is 6.24. The molecule has 0 aliphatic rings. The SMILES string of the molecule is C=C(C)C(=O)OCC(F)(F)NS(=O)O. The number of ether oxygens (including phenoxy) is 1. The van der Waals surface area contributed by atoms with Crippen molar-refractivity contribution in [1.82, 2.24) is 4.72 Å². The van der Waals surface area contributed by atoms with Crippen LogP contribution >= 0.6 is 0 Å². The molecule has 2 N–H and O–H groups in total. The summed E-state index contributed by atoms with van der Waals surface area (Å²) in [6, 6.07) is -3.75. The molecular formula is C6H9F2NO4S. The number of carbonyl (C=O) groups excluding carboxylic acids is 1. The fourth-order valence-corrected chi connectivity index (χ4v) is 0.751. The number of halogens is 2. The zero-order valence-electron chi connectivity index (χ0n) is 7.25. The highest BCUT2D eigenvalue weighted by Gasteiger charge is 2.32. The summed E-state index contributed by atoms with van der Waals surface area (Å²) < 4.78 is 48.2. The van der Waals surface area contributed by atoms with E-state index in [0.29, 0.717) is 0 Å². The van der Waals surface area contributed by atoms with E-state index >= 15 is 0 Å². The Morgan fingerprint density at radius 3 is 2.57 bits per heavy atom. The molecule has 8 heteroatoms. The van der Waals surface area contributed by atoms with Crippen LogP contribution in [0.1, 0.15) is 6.92 Å². The average Bonchev–Trinajstić information content (AvgIpc) is 1.97. The number of hydrogen-bond donors (Lipinski definition) is 2. The van der Waals surface area contributed by atoms with Gasteiger partial charge in [-0.25, -0.2) is 9.00 Å². The van der Waals surface area contributed by atoms with E-state index in [1.807, 2.05) is 0 Å². The molecule has 0 spiro atoms. The second kappa shape index (κ2) is 5.13. The van der Waals surface area contributed by atoms with Gasteiger partial charge in [0.25, 0.3) is 0 Å². The second-order valence-electron chi connectivity index (χ2n) is 2.41. The third-order valence-corrected chi connectivity index (χ3v) is 1.44. The van der Waals surface area contributed by atoms with E-state index in [0.717, 1.165) is 4.72 Å². The van der Waals surface area contributed by atoms with Crippen LogP contribution in [0.5, 0.6) is 0 Å². The highest BCUT2D eigenvalue weighted by atomic mass is 32.2. The van der Waals surface area contributed by atoms with Gasteiger partial charge in [0, 0.05) is 5.57 Å². The minimum Gasteiger partial charge on any atom is -0.454 e. The van der Waals surface area contributed by atoms with Crippen molar-refractivity contribution in [3.63, 3.8) is 0 Å². The van der Waals surface area contributed by atoms with Crippen LogP contribution in [0.4, 0.5) is 8.78 Å². The summed E-state index contributed by atoms with van der Waals surface area (Å²) in [5, 5.41) is 0. The largest absolute Gasteiger partial charge is 0.454 e. The Labute approximate surface area is 81.5 Å². The molecule has 0 aliphatic carbocycles. The van der Waals surface area contributed by atoms with Gasteiger partial charge in [-0.1, -0.05) is 6.58 Å². The summed E-state index contributed by atoms with van der Waals surface area (Å²) in [7, 11) is 0. The van der Waals surface area contributed by atoms with Gasteiger partial charge in [0.2, 0.25) is 11.3 Å². The zero-order chi connectivity index (χ0) is 11.4. The van der Waals surface area contributed by atoms with Crippen LogP contribution < -0.4 is 4.72 Å². The number of esters is 1. The van der Waals surface area contributed by atoms with Gasteiger partial charge in [-0.05, 0) is 6.92 Å². The maximum atomic E-state index is 12.5. The fraction of sp³-hybridized carbons (Fsp3) is 0.500. The van der Waals surface area contributed by atoms with E-state index in [1.54, 1.807) is 0 Å². The quantitative estimate of drug-likeness (QED) is 0.310. The number of nitrogens with one attached hydrogen (secondary N) is 1. The summed E-state index contributed by atoms with van der Waals surface area (Å²) >= 11 is -2.87. The lowest BCUT2D eigenvalue weighted by Gasteiger charge is -2.14. The molecule has 0 fully saturated rings. The lowest BCUT2D eigenvalue weighted by Crippen LogP contribution is -2.42. The molecule has 0 amide bonds. The van der Waals surface area contributed by atoms with E-state index in [2.05, 4.69) is 11.3 Å². The fourth-order valence-electron chi connectivity index (χ4n) is 0.437. The summed E-state index contributed by atoms with van der Waals surface area (Å²) in [4.78, 5) is 10.7. The molecule has 0 aromatic carbocycles. The van der Waals surface area contributed by atoms with Gasteiger partial charge < -0.3 is 4.74 Å². The Kier molecular flexibility index (Phi) is 4.81. The van der Waals surface area contributed by atoms with Crippen molar-refractivity contribution in [2.45, 2.75) is 13.0 Å². The zero-order valence-corrected chi connectivity index (χ0v) is 8.07. The predicted molar refractivity (Wildman–Crippen MR) is 44.6 cm³/mol. The molecule has 0 saturated heterocycles. The van der Waals surface area contributed by atoms with Crippen LogP contribution in [-0.2, 0) is 20.8 Å². The Morgan fingerprint density at radius 2 is 2.21 bits per heavy atom. The van der Waals surface area contributed by atoms with Crippen LogP contribution in [0.3, 0.4) is 0 Å². The summed E-state index contributed by atoms with van der Waals surface area (Å²) in [5.41, 5.74) is -0.0362. The van der Waals surface area contributed by atoms with Crippen molar-refractivity contribution >= 4 is 17.2 Å². The Bertz CT molecular complexity index is 269. The van der Waals surface area contributed by atoms with Crippen molar-refractivity contribution in [3.8, 4) is 0 Å².